The van der Waals surface area contributed by atoms with Gasteiger partial charge in [-0.3, -0.25) is 4.79 Å². The van der Waals surface area contributed by atoms with Crippen molar-refractivity contribution in [2.75, 3.05) is 4.90 Å². The number of nitrogens with zero attached hydrogens (tertiary/aromatic N) is 2. The summed E-state index contributed by atoms with van der Waals surface area (Å²) in [4.78, 5) is 18.5. The van der Waals surface area contributed by atoms with E-state index >= 15 is 0 Å². The van der Waals surface area contributed by atoms with Gasteiger partial charge in [-0.25, -0.2) is 26.9 Å². The van der Waals surface area contributed by atoms with Crippen LogP contribution in [0.15, 0.2) is 59.1 Å². The maximum Gasteiger partial charge on any atom is 0.237 e. The summed E-state index contributed by atoms with van der Waals surface area (Å²) in [6.45, 7) is 3.07. The standard InChI is InChI=1S/C26H17F5N2O2/c1-26(2)16-7-6-13(24-32-11-22(35-24)23-19(30)9-14(27)10-20(23)31)8-21(16)33(25(26)34)12-15-17(28)4-3-5-18(15)29/h3-11H,12H2,1-2H3. The van der Waals surface area contributed by atoms with Gasteiger partial charge in [-0.05, 0) is 43.7 Å². The molecule has 0 aliphatic carbocycles. The third kappa shape index (κ3) is 3.67. The molecule has 0 saturated heterocycles. The fourth-order valence-corrected chi connectivity index (χ4v) is 4.28. The van der Waals surface area contributed by atoms with Gasteiger partial charge in [0.1, 0.15) is 29.1 Å². The maximum atomic E-state index is 14.3. The molecular weight excluding hydrogens is 467 g/mol. The SMILES string of the molecule is CC1(C)C(=O)N(Cc2c(F)cccc2F)c2cc(-c3ncc(-c4c(F)cc(F)cc4F)o3)ccc21. The summed E-state index contributed by atoms with van der Waals surface area (Å²) in [7, 11) is 0. The molecule has 0 bridgehead atoms. The van der Waals surface area contributed by atoms with Crippen molar-refractivity contribution in [3.05, 3.63) is 94.9 Å². The second-order valence-corrected chi connectivity index (χ2v) is 8.72. The molecule has 0 atom stereocenters. The Bertz CT molecular complexity index is 1450. The minimum absolute atomic E-state index is 0.0138. The van der Waals surface area contributed by atoms with E-state index in [1.54, 1.807) is 32.0 Å². The van der Waals surface area contributed by atoms with Gasteiger partial charge in [0.05, 0.1) is 23.7 Å². The Hall–Kier alpha value is -4.01. The first-order chi connectivity index (χ1) is 16.6. The van der Waals surface area contributed by atoms with E-state index in [2.05, 4.69) is 4.98 Å². The number of halogens is 5. The van der Waals surface area contributed by atoms with Crippen molar-refractivity contribution in [2.45, 2.75) is 25.8 Å². The molecule has 4 nitrogen and oxygen atoms in total. The predicted octanol–water partition coefficient (Wildman–Crippen LogP) is 6.53. The van der Waals surface area contributed by atoms with Crippen molar-refractivity contribution in [3.8, 4) is 22.8 Å². The number of amides is 1. The lowest BCUT2D eigenvalue weighted by molar-refractivity contribution is -0.122. The normalized spacial score (nSPS) is 14.5. The Morgan fingerprint density at radius 1 is 0.914 bits per heavy atom. The van der Waals surface area contributed by atoms with Gasteiger partial charge >= 0.3 is 0 Å². The van der Waals surface area contributed by atoms with Crippen LogP contribution < -0.4 is 4.90 Å². The van der Waals surface area contributed by atoms with E-state index in [0.717, 1.165) is 18.3 Å². The zero-order valence-corrected chi connectivity index (χ0v) is 18.5. The lowest BCUT2D eigenvalue weighted by Crippen LogP contribution is -2.36. The van der Waals surface area contributed by atoms with E-state index in [4.69, 9.17) is 4.42 Å². The van der Waals surface area contributed by atoms with Gasteiger partial charge in [-0.1, -0.05) is 12.1 Å². The van der Waals surface area contributed by atoms with Crippen LogP contribution in [-0.4, -0.2) is 10.9 Å². The molecule has 9 heteroatoms. The molecule has 4 aromatic rings. The number of carbonyl (C=O) groups excluding carboxylic acids is 1. The average Bonchev–Trinajstić information content (AvgIpc) is 3.33. The highest BCUT2D eigenvalue weighted by Gasteiger charge is 2.44. The molecule has 1 aromatic heterocycles. The monoisotopic (exact) mass is 484 g/mol. The number of carbonyl (C=O) groups is 1. The van der Waals surface area contributed by atoms with Gasteiger partial charge in [0.25, 0.3) is 0 Å². The summed E-state index contributed by atoms with van der Waals surface area (Å²) in [5, 5.41) is 0. The van der Waals surface area contributed by atoms with E-state index in [-0.39, 0.29) is 29.7 Å². The van der Waals surface area contributed by atoms with E-state index < -0.39 is 40.1 Å². The fraction of sp³-hybridized carbons (Fsp3) is 0.154. The molecule has 5 rings (SSSR count). The summed E-state index contributed by atoms with van der Waals surface area (Å²) in [5.41, 5.74) is -0.390. The molecule has 1 aliphatic heterocycles. The first kappa shape index (κ1) is 22.8. The summed E-state index contributed by atoms with van der Waals surface area (Å²) in [6.07, 6.45) is 1.10. The van der Waals surface area contributed by atoms with Gasteiger partial charge in [0, 0.05) is 28.9 Å². The van der Waals surface area contributed by atoms with E-state index in [0.29, 0.717) is 28.9 Å². The highest BCUT2D eigenvalue weighted by molar-refractivity contribution is 6.08. The lowest BCUT2D eigenvalue weighted by Gasteiger charge is -2.21. The zero-order chi connectivity index (χ0) is 25.1. The largest absolute Gasteiger partial charge is 0.436 e. The van der Waals surface area contributed by atoms with Crippen molar-refractivity contribution in [1.29, 1.82) is 0 Å². The molecule has 0 radical (unpaired) electrons. The van der Waals surface area contributed by atoms with Crippen molar-refractivity contribution < 1.29 is 31.2 Å². The van der Waals surface area contributed by atoms with Gasteiger partial charge in [0.15, 0.2) is 5.76 Å². The summed E-state index contributed by atoms with van der Waals surface area (Å²) >= 11 is 0. The zero-order valence-electron chi connectivity index (χ0n) is 18.5. The molecule has 178 valence electrons. The number of rotatable bonds is 4. The molecule has 1 amide bonds. The Labute approximate surface area is 196 Å². The Morgan fingerprint density at radius 3 is 2.23 bits per heavy atom. The minimum atomic E-state index is -1.15. The lowest BCUT2D eigenvalue weighted by atomic mass is 9.86. The van der Waals surface area contributed by atoms with Crippen LogP contribution in [0.25, 0.3) is 22.8 Å². The maximum absolute atomic E-state index is 14.3. The second-order valence-electron chi connectivity index (χ2n) is 8.72. The van der Waals surface area contributed by atoms with Crippen molar-refractivity contribution >= 4 is 11.6 Å². The number of aromatic nitrogens is 1. The molecule has 0 N–H and O–H groups in total. The third-order valence-electron chi connectivity index (χ3n) is 6.13. The first-order valence-corrected chi connectivity index (χ1v) is 10.6. The summed E-state index contributed by atoms with van der Waals surface area (Å²) in [6, 6.07) is 9.38. The van der Waals surface area contributed by atoms with E-state index in [1.165, 1.54) is 11.0 Å². The van der Waals surface area contributed by atoms with Gasteiger partial charge in [0.2, 0.25) is 11.8 Å². The van der Waals surface area contributed by atoms with Crippen LogP contribution in [-0.2, 0) is 16.8 Å². The van der Waals surface area contributed by atoms with Crippen molar-refractivity contribution in [1.82, 2.24) is 4.98 Å². The van der Waals surface area contributed by atoms with E-state index in [1.807, 2.05) is 0 Å². The molecule has 2 heterocycles. The van der Waals surface area contributed by atoms with Gasteiger partial charge in [-0.2, -0.15) is 0 Å². The predicted molar refractivity (Wildman–Crippen MR) is 118 cm³/mol. The Balaban J connectivity index is 1.56. The quantitative estimate of drug-likeness (QED) is 0.310. The number of anilines is 1. The molecule has 0 saturated carbocycles. The summed E-state index contributed by atoms with van der Waals surface area (Å²) in [5.74, 6) is -5.54. The van der Waals surface area contributed by atoms with Gasteiger partial charge < -0.3 is 9.32 Å². The number of hydrogen-bond acceptors (Lipinski definition) is 3. The van der Waals surface area contributed by atoms with Crippen LogP contribution in [0.1, 0.15) is 25.0 Å². The van der Waals surface area contributed by atoms with Crippen LogP contribution in [0.3, 0.4) is 0 Å². The Kier molecular flexibility index (Phi) is 5.23. The molecule has 35 heavy (non-hydrogen) atoms. The number of benzene rings is 3. The second kappa shape index (κ2) is 8.04. The minimum Gasteiger partial charge on any atom is -0.436 e. The summed E-state index contributed by atoms with van der Waals surface area (Å²) < 4.78 is 75.8. The fourth-order valence-electron chi connectivity index (χ4n) is 4.28. The van der Waals surface area contributed by atoms with Crippen LogP contribution in [0.2, 0.25) is 0 Å². The molecule has 1 aliphatic rings. The highest BCUT2D eigenvalue weighted by atomic mass is 19.2. The molecule has 0 fully saturated rings. The third-order valence-corrected chi connectivity index (χ3v) is 6.13. The molecule has 0 spiro atoms. The number of hydrogen-bond donors (Lipinski definition) is 0. The van der Waals surface area contributed by atoms with Crippen LogP contribution in [0.5, 0.6) is 0 Å². The van der Waals surface area contributed by atoms with Crippen molar-refractivity contribution in [2.24, 2.45) is 0 Å². The highest BCUT2D eigenvalue weighted by Crippen LogP contribution is 2.44. The van der Waals surface area contributed by atoms with Crippen LogP contribution in [0.4, 0.5) is 27.6 Å². The molecule has 0 unspecified atom stereocenters. The van der Waals surface area contributed by atoms with Crippen molar-refractivity contribution in [3.63, 3.8) is 0 Å². The number of fused-ring (bicyclic) bond motifs is 1. The first-order valence-electron chi connectivity index (χ1n) is 10.6. The van der Waals surface area contributed by atoms with Crippen LogP contribution in [0, 0.1) is 29.1 Å². The van der Waals surface area contributed by atoms with E-state index in [9.17, 15) is 26.7 Å². The molecule has 3 aromatic carbocycles. The topological polar surface area (TPSA) is 46.3 Å². The van der Waals surface area contributed by atoms with Crippen LogP contribution >= 0.6 is 0 Å². The molecular formula is C26H17F5N2O2. The Morgan fingerprint density at radius 2 is 1.57 bits per heavy atom. The van der Waals surface area contributed by atoms with Gasteiger partial charge in [-0.15, -0.1) is 0 Å². The average molecular weight is 484 g/mol. The number of oxazole rings is 1. The smallest absolute Gasteiger partial charge is 0.237 e.